The highest BCUT2D eigenvalue weighted by atomic mass is 16.5. The molecule has 100 valence electrons. The highest BCUT2D eigenvalue weighted by molar-refractivity contribution is 5.84. The number of hydrogen-bond acceptors (Lipinski definition) is 3. The molecule has 0 spiro atoms. The van der Waals surface area contributed by atoms with Crippen molar-refractivity contribution in [3.8, 4) is 5.75 Å². The third-order valence-corrected chi connectivity index (χ3v) is 3.24. The van der Waals surface area contributed by atoms with Crippen molar-refractivity contribution in [2.75, 3.05) is 14.2 Å². The lowest BCUT2D eigenvalue weighted by Crippen LogP contribution is -2.45. The van der Waals surface area contributed by atoms with E-state index in [1.807, 2.05) is 31.2 Å². The maximum Gasteiger partial charge on any atom is 0.252 e. The van der Waals surface area contributed by atoms with Crippen molar-refractivity contribution < 1.29 is 14.3 Å². The average molecular weight is 251 g/mol. The normalized spacial score (nSPS) is 13.8. The van der Waals surface area contributed by atoms with Crippen molar-refractivity contribution in [1.29, 1.82) is 0 Å². The lowest BCUT2D eigenvalue weighted by Gasteiger charge is -2.25. The van der Waals surface area contributed by atoms with Crippen LogP contribution in [0.3, 0.4) is 0 Å². The molecule has 1 amide bonds. The first-order chi connectivity index (χ1) is 8.57. The van der Waals surface area contributed by atoms with Crippen LogP contribution >= 0.6 is 0 Å². The predicted octanol–water partition coefficient (Wildman–Crippen LogP) is 2.13. The van der Waals surface area contributed by atoms with Gasteiger partial charge in [0.15, 0.2) is 0 Å². The molecule has 1 aromatic carbocycles. The summed E-state index contributed by atoms with van der Waals surface area (Å²) in [5, 5.41) is 2.87. The van der Waals surface area contributed by atoms with Crippen LogP contribution in [-0.4, -0.2) is 25.7 Å². The summed E-state index contributed by atoms with van der Waals surface area (Å²) in [6, 6.07) is 7.61. The Balaban J connectivity index is 2.68. The van der Waals surface area contributed by atoms with Crippen LogP contribution in [0, 0.1) is 0 Å². The number of methoxy groups -OCH3 is 2. The summed E-state index contributed by atoms with van der Waals surface area (Å²) >= 11 is 0. The van der Waals surface area contributed by atoms with E-state index in [1.54, 1.807) is 21.1 Å². The molecular formula is C14H21NO3. The van der Waals surface area contributed by atoms with Crippen molar-refractivity contribution in [1.82, 2.24) is 5.32 Å². The van der Waals surface area contributed by atoms with E-state index in [0.717, 1.165) is 11.3 Å². The minimum absolute atomic E-state index is 0.113. The molecule has 0 bridgehead atoms. The van der Waals surface area contributed by atoms with E-state index in [2.05, 4.69) is 5.32 Å². The fourth-order valence-electron chi connectivity index (χ4n) is 1.61. The van der Waals surface area contributed by atoms with E-state index >= 15 is 0 Å². The van der Waals surface area contributed by atoms with Gasteiger partial charge in [0.05, 0.1) is 7.11 Å². The second-order valence-electron chi connectivity index (χ2n) is 4.28. The van der Waals surface area contributed by atoms with E-state index in [1.165, 1.54) is 0 Å². The van der Waals surface area contributed by atoms with Crippen molar-refractivity contribution in [3.05, 3.63) is 29.8 Å². The van der Waals surface area contributed by atoms with Crippen LogP contribution in [-0.2, 0) is 16.1 Å². The number of carbonyl (C=O) groups is 1. The summed E-state index contributed by atoms with van der Waals surface area (Å²) < 4.78 is 10.5. The summed E-state index contributed by atoms with van der Waals surface area (Å²) in [6.45, 7) is 4.14. The van der Waals surface area contributed by atoms with Gasteiger partial charge in [-0.2, -0.15) is 0 Å². The second kappa shape index (κ2) is 6.40. The number of rotatable bonds is 6. The second-order valence-corrected chi connectivity index (χ2v) is 4.28. The van der Waals surface area contributed by atoms with Gasteiger partial charge in [-0.15, -0.1) is 0 Å². The minimum atomic E-state index is -0.776. The van der Waals surface area contributed by atoms with Gasteiger partial charge in [0.25, 0.3) is 5.91 Å². The molecule has 18 heavy (non-hydrogen) atoms. The third kappa shape index (κ3) is 3.23. The molecular weight excluding hydrogens is 230 g/mol. The molecule has 1 unspecified atom stereocenters. The quantitative estimate of drug-likeness (QED) is 0.842. The highest BCUT2D eigenvalue weighted by Gasteiger charge is 2.30. The molecule has 0 radical (unpaired) electrons. The van der Waals surface area contributed by atoms with Crippen molar-refractivity contribution in [2.45, 2.75) is 32.4 Å². The molecule has 1 rings (SSSR count). The molecule has 0 saturated carbocycles. The zero-order valence-corrected chi connectivity index (χ0v) is 11.4. The summed E-state index contributed by atoms with van der Waals surface area (Å²) in [7, 11) is 3.16. The van der Waals surface area contributed by atoms with E-state index < -0.39 is 5.60 Å². The van der Waals surface area contributed by atoms with E-state index in [9.17, 15) is 4.79 Å². The SMILES string of the molecule is CCC(C)(OC)C(=O)NCc1ccccc1OC. The average Bonchev–Trinajstić information content (AvgIpc) is 2.43. The van der Waals surface area contributed by atoms with Crippen LogP contribution in [0.4, 0.5) is 0 Å². The Bertz CT molecular complexity index is 400. The number of ether oxygens (including phenoxy) is 2. The Morgan fingerprint density at radius 2 is 2.00 bits per heavy atom. The summed E-state index contributed by atoms with van der Waals surface area (Å²) in [6.07, 6.45) is 0.626. The third-order valence-electron chi connectivity index (χ3n) is 3.24. The standard InChI is InChI=1S/C14H21NO3/c1-5-14(2,18-4)13(16)15-10-11-8-6-7-9-12(11)17-3/h6-9H,5,10H2,1-4H3,(H,15,16). The molecule has 1 atom stereocenters. The minimum Gasteiger partial charge on any atom is -0.496 e. The topological polar surface area (TPSA) is 47.6 Å². The van der Waals surface area contributed by atoms with Gasteiger partial charge in [0.2, 0.25) is 0 Å². The van der Waals surface area contributed by atoms with Gasteiger partial charge >= 0.3 is 0 Å². The van der Waals surface area contributed by atoms with Gasteiger partial charge in [-0.3, -0.25) is 4.79 Å². The van der Waals surface area contributed by atoms with Gasteiger partial charge in [-0.05, 0) is 19.4 Å². The molecule has 0 aromatic heterocycles. The van der Waals surface area contributed by atoms with Crippen molar-refractivity contribution >= 4 is 5.91 Å². The zero-order chi connectivity index (χ0) is 13.6. The van der Waals surface area contributed by atoms with Crippen LogP contribution in [0.2, 0.25) is 0 Å². The van der Waals surface area contributed by atoms with Crippen LogP contribution in [0.15, 0.2) is 24.3 Å². The lowest BCUT2D eigenvalue weighted by atomic mass is 10.0. The molecule has 0 aliphatic rings. The smallest absolute Gasteiger partial charge is 0.252 e. The van der Waals surface area contributed by atoms with E-state index in [4.69, 9.17) is 9.47 Å². The maximum absolute atomic E-state index is 12.0. The van der Waals surface area contributed by atoms with Gasteiger partial charge in [-0.25, -0.2) is 0 Å². The van der Waals surface area contributed by atoms with Crippen LogP contribution in [0.1, 0.15) is 25.8 Å². The Morgan fingerprint density at radius 1 is 1.33 bits per heavy atom. The monoisotopic (exact) mass is 251 g/mol. The lowest BCUT2D eigenvalue weighted by molar-refractivity contribution is -0.142. The number of hydrogen-bond donors (Lipinski definition) is 1. The molecule has 1 N–H and O–H groups in total. The molecule has 4 nitrogen and oxygen atoms in total. The van der Waals surface area contributed by atoms with Gasteiger partial charge in [0, 0.05) is 19.2 Å². The molecule has 0 heterocycles. The summed E-state index contributed by atoms with van der Waals surface area (Å²) in [5.74, 6) is 0.659. The maximum atomic E-state index is 12.0. The predicted molar refractivity (Wildman–Crippen MR) is 70.5 cm³/mol. The first-order valence-electron chi connectivity index (χ1n) is 6.02. The Kier molecular flexibility index (Phi) is 5.16. The van der Waals surface area contributed by atoms with E-state index in [0.29, 0.717) is 13.0 Å². The van der Waals surface area contributed by atoms with E-state index in [-0.39, 0.29) is 5.91 Å². The first kappa shape index (κ1) is 14.5. The largest absolute Gasteiger partial charge is 0.496 e. The first-order valence-corrected chi connectivity index (χ1v) is 6.02. The van der Waals surface area contributed by atoms with Crippen LogP contribution < -0.4 is 10.1 Å². The molecule has 0 aliphatic heterocycles. The number of benzene rings is 1. The molecule has 0 fully saturated rings. The van der Waals surface area contributed by atoms with Gasteiger partial charge in [-0.1, -0.05) is 25.1 Å². The van der Waals surface area contributed by atoms with Gasteiger partial charge < -0.3 is 14.8 Å². The molecule has 4 heteroatoms. The number of nitrogens with one attached hydrogen (secondary N) is 1. The Labute approximate surface area is 108 Å². The number of amides is 1. The molecule has 0 aliphatic carbocycles. The van der Waals surface area contributed by atoms with Crippen molar-refractivity contribution in [3.63, 3.8) is 0 Å². The highest BCUT2D eigenvalue weighted by Crippen LogP contribution is 2.18. The van der Waals surface area contributed by atoms with Crippen LogP contribution in [0.5, 0.6) is 5.75 Å². The van der Waals surface area contributed by atoms with Crippen molar-refractivity contribution in [2.24, 2.45) is 0 Å². The van der Waals surface area contributed by atoms with Gasteiger partial charge in [0.1, 0.15) is 11.4 Å². The molecule has 1 aromatic rings. The number of para-hydroxylation sites is 1. The zero-order valence-electron chi connectivity index (χ0n) is 11.4. The Morgan fingerprint density at radius 3 is 2.56 bits per heavy atom. The fourth-order valence-corrected chi connectivity index (χ4v) is 1.61. The fraction of sp³-hybridized carbons (Fsp3) is 0.500. The summed E-state index contributed by atoms with van der Waals surface area (Å²) in [5.41, 5.74) is 0.171. The van der Waals surface area contributed by atoms with Crippen LogP contribution in [0.25, 0.3) is 0 Å². The molecule has 0 saturated heterocycles. The number of carbonyl (C=O) groups excluding carboxylic acids is 1. The Hall–Kier alpha value is -1.55. The summed E-state index contributed by atoms with van der Waals surface area (Å²) in [4.78, 5) is 12.0.